The van der Waals surface area contributed by atoms with Crippen LogP contribution in [0.4, 0.5) is 11.4 Å². The Hall–Kier alpha value is -3.75. The van der Waals surface area contributed by atoms with Gasteiger partial charge in [0, 0.05) is 11.3 Å². The number of benzene rings is 3. The van der Waals surface area contributed by atoms with E-state index in [1.807, 2.05) is 74.5 Å². The third kappa shape index (κ3) is 4.34. The first kappa shape index (κ1) is 24.0. The second-order valence-electron chi connectivity index (χ2n) is 8.67. The molecule has 0 unspecified atom stereocenters. The van der Waals surface area contributed by atoms with E-state index in [1.54, 1.807) is 12.1 Å². The van der Waals surface area contributed by atoms with E-state index in [2.05, 4.69) is 5.32 Å². The molecule has 36 heavy (non-hydrogen) atoms. The summed E-state index contributed by atoms with van der Waals surface area (Å²) in [4.78, 5) is 43.3. The van der Waals surface area contributed by atoms with Gasteiger partial charge in [-0.15, -0.1) is 0 Å². The first-order valence-corrected chi connectivity index (χ1v) is 12.7. The molecule has 3 aromatic rings. The molecule has 0 aromatic heterocycles. The number of nitrogens with zero attached hydrogens (tertiary/aromatic N) is 2. The highest BCUT2D eigenvalue weighted by Crippen LogP contribution is 2.44. The van der Waals surface area contributed by atoms with E-state index in [0.29, 0.717) is 32.6 Å². The molecular formula is C28H23N3O3S2. The molecule has 5 rings (SSSR count). The number of hydrogen-bond donors (Lipinski definition) is 1. The third-order valence-corrected chi connectivity index (χ3v) is 7.68. The lowest BCUT2D eigenvalue weighted by molar-refractivity contribution is -0.122. The van der Waals surface area contributed by atoms with Gasteiger partial charge in [0.05, 0.1) is 22.7 Å². The predicted molar refractivity (Wildman–Crippen MR) is 147 cm³/mol. The number of para-hydroxylation sites is 2. The van der Waals surface area contributed by atoms with Gasteiger partial charge < -0.3 is 5.32 Å². The van der Waals surface area contributed by atoms with Crippen LogP contribution in [0.15, 0.2) is 77.7 Å². The Kier molecular flexibility index (Phi) is 6.47. The number of rotatable bonds is 5. The number of hydrogen-bond acceptors (Lipinski definition) is 5. The Morgan fingerprint density at radius 2 is 1.53 bits per heavy atom. The lowest BCUT2D eigenvalue weighted by Crippen LogP contribution is -2.36. The number of nitrogens with one attached hydrogen (secondary N) is 1. The Labute approximate surface area is 219 Å². The molecular weight excluding hydrogens is 490 g/mol. The fourth-order valence-corrected chi connectivity index (χ4v) is 5.77. The molecule has 0 atom stereocenters. The SMILES string of the molecule is Cc1cccc(C)c1NC(=O)CN1C(=O)C(=C2SC(=S)N(Cc3ccccc3)C2=O)c2ccccc21. The standard InChI is InChI=1S/C28H23N3O3S2/c1-17-9-8-10-18(2)24(17)29-22(32)16-30-21-14-7-6-13-20(21)23(26(30)33)25-27(34)31(28(35)36-25)15-19-11-4-3-5-12-19/h3-14H,15-16H2,1-2H3,(H,29,32). The minimum atomic E-state index is -0.381. The van der Waals surface area contributed by atoms with Crippen molar-refractivity contribution in [3.63, 3.8) is 0 Å². The van der Waals surface area contributed by atoms with Crippen LogP contribution in [-0.4, -0.2) is 33.5 Å². The predicted octanol–water partition coefficient (Wildman–Crippen LogP) is 5.06. The zero-order valence-electron chi connectivity index (χ0n) is 19.8. The maximum absolute atomic E-state index is 13.6. The highest BCUT2D eigenvalue weighted by Gasteiger charge is 2.42. The summed E-state index contributed by atoms with van der Waals surface area (Å²) in [5, 5.41) is 2.94. The molecule has 1 N–H and O–H groups in total. The van der Waals surface area contributed by atoms with Crippen LogP contribution in [0.2, 0.25) is 0 Å². The number of amides is 3. The normalized spacial score (nSPS) is 17.1. The fourth-order valence-electron chi connectivity index (χ4n) is 4.44. The number of carbonyl (C=O) groups excluding carboxylic acids is 3. The monoisotopic (exact) mass is 513 g/mol. The first-order chi connectivity index (χ1) is 17.3. The van der Waals surface area contributed by atoms with Gasteiger partial charge in [0.2, 0.25) is 5.91 Å². The van der Waals surface area contributed by atoms with Crippen molar-refractivity contribution in [2.75, 3.05) is 16.8 Å². The van der Waals surface area contributed by atoms with Gasteiger partial charge in [0.1, 0.15) is 10.9 Å². The molecule has 0 bridgehead atoms. The molecule has 0 saturated carbocycles. The fraction of sp³-hybridized carbons (Fsp3) is 0.143. The van der Waals surface area contributed by atoms with Crippen molar-refractivity contribution < 1.29 is 14.4 Å². The van der Waals surface area contributed by atoms with Gasteiger partial charge >= 0.3 is 0 Å². The summed E-state index contributed by atoms with van der Waals surface area (Å²) in [6.07, 6.45) is 0. The quantitative estimate of drug-likeness (QED) is 0.382. The molecule has 8 heteroatoms. The van der Waals surface area contributed by atoms with Crippen molar-refractivity contribution in [2.24, 2.45) is 0 Å². The van der Waals surface area contributed by atoms with Crippen LogP contribution in [0.25, 0.3) is 5.57 Å². The van der Waals surface area contributed by atoms with E-state index in [4.69, 9.17) is 12.2 Å². The molecule has 180 valence electrons. The Bertz CT molecular complexity index is 1430. The minimum absolute atomic E-state index is 0.169. The number of aryl methyl sites for hydroxylation is 2. The molecule has 2 aliphatic rings. The van der Waals surface area contributed by atoms with E-state index < -0.39 is 0 Å². The molecule has 0 spiro atoms. The van der Waals surface area contributed by atoms with Gasteiger partial charge in [-0.1, -0.05) is 90.7 Å². The van der Waals surface area contributed by atoms with E-state index in [1.165, 1.54) is 9.80 Å². The van der Waals surface area contributed by atoms with Gasteiger partial charge in [0.25, 0.3) is 11.8 Å². The number of thioether (sulfide) groups is 1. The van der Waals surface area contributed by atoms with Gasteiger partial charge in [-0.2, -0.15) is 0 Å². The highest BCUT2D eigenvalue weighted by molar-refractivity contribution is 8.26. The molecule has 3 amide bonds. The van der Waals surface area contributed by atoms with Crippen molar-refractivity contribution in [3.8, 4) is 0 Å². The topological polar surface area (TPSA) is 69.7 Å². The van der Waals surface area contributed by atoms with Gasteiger partial charge in [0.15, 0.2) is 0 Å². The average molecular weight is 514 g/mol. The van der Waals surface area contributed by atoms with Crippen LogP contribution in [0, 0.1) is 13.8 Å². The second-order valence-corrected chi connectivity index (χ2v) is 10.3. The molecule has 1 fully saturated rings. The Morgan fingerprint density at radius 3 is 2.25 bits per heavy atom. The molecule has 0 aliphatic carbocycles. The molecule has 2 heterocycles. The summed E-state index contributed by atoms with van der Waals surface area (Å²) < 4.78 is 0.405. The van der Waals surface area contributed by atoms with Gasteiger partial charge in [-0.3, -0.25) is 24.2 Å². The van der Waals surface area contributed by atoms with Crippen molar-refractivity contribution in [1.82, 2.24) is 4.90 Å². The smallest absolute Gasteiger partial charge is 0.267 e. The van der Waals surface area contributed by atoms with Crippen molar-refractivity contribution in [2.45, 2.75) is 20.4 Å². The zero-order valence-corrected chi connectivity index (χ0v) is 21.4. The van der Waals surface area contributed by atoms with E-state index in [0.717, 1.165) is 34.1 Å². The maximum atomic E-state index is 13.6. The number of thiocarbonyl (C=S) groups is 1. The molecule has 3 aromatic carbocycles. The van der Waals surface area contributed by atoms with Gasteiger partial charge in [-0.05, 0) is 36.6 Å². The van der Waals surface area contributed by atoms with Gasteiger partial charge in [-0.25, -0.2) is 0 Å². The van der Waals surface area contributed by atoms with Crippen molar-refractivity contribution in [3.05, 3.63) is 100.0 Å². The van der Waals surface area contributed by atoms with Crippen LogP contribution < -0.4 is 10.2 Å². The number of anilines is 2. The lowest BCUT2D eigenvalue weighted by atomic mass is 10.1. The summed E-state index contributed by atoms with van der Waals surface area (Å²) in [6.45, 7) is 4.01. The van der Waals surface area contributed by atoms with Crippen LogP contribution in [0.5, 0.6) is 0 Å². The van der Waals surface area contributed by atoms with E-state index in [9.17, 15) is 14.4 Å². The largest absolute Gasteiger partial charge is 0.324 e. The third-order valence-electron chi connectivity index (χ3n) is 6.23. The maximum Gasteiger partial charge on any atom is 0.267 e. The minimum Gasteiger partial charge on any atom is -0.324 e. The average Bonchev–Trinajstić information content (AvgIpc) is 3.29. The number of carbonyl (C=O) groups is 3. The Balaban J connectivity index is 1.44. The molecule has 2 aliphatic heterocycles. The summed E-state index contributed by atoms with van der Waals surface area (Å²) in [5.74, 6) is -0.990. The Morgan fingerprint density at radius 1 is 0.861 bits per heavy atom. The van der Waals surface area contributed by atoms with Crippen LogP contribution in [0.1, 0.15) is 22.3 Å². The summed E-state index contributed by atoms with van der Waals surface area (Å²) in [6, 6.07) is 22.6. The van der Waals surface area contributed by atoms with E-state index in [-0.39, 0.29) is 24.3 Å². The first-order valence-electron chi connectivity index (χ1n) is 11.4. The van der Waals surface area contributed by atoms with Crippen LogP contribution in [-0.2, 0) is 20.9 Å². The van der Waals surface area contributed by atoms with Crippen LogP contribution >= 0.6 is 24.0 Å². The number of fused-ring (bicyclic) bond motifs is 1. The van der Waals surface area contributed by atoms with Crippen LogP contribution in [0.3, 0.4) is 0 Å². The summed E-state index contributed by atoms with van der Waals surface area (Å²) >= 11 is 6.64. The van der Waals surface area contributed by atoms with Crippen molar-refractivity contribution >= 4 is 63.0 Å². The summed E-state index contributed by atoms with van der Waals surface area (Å²) in [5.41, 5.74) is 5.09. The molecule has 1 saturated heterocycles. The van der Waals surface area contributed by atoms with Crippen molar-refractivity contribution in [1.29, 1.82) is 0 Å². The zero-order chi connectivity index (χ0) is 25.4. The molecule has 6 nitrogen and oxygen atoms in total. The van der Waals surface area contributed by atoms with E-state index >= 15 is 0 Å². The highest BCUT2D eigenvalue weighted by atomic mass is 32.2. The second kappa shape index (κ2) is 9.72. The molecule has 0 radical (unpaired) electrons. The summed E-state index contributed by atoms with van der Waals surface area (Å²) in [7, 11) is 0. The lowest BCUT2D eigenvalue weighted by Gasteiger charge is -2.18.